The van der Waals surface area contributed by atoms with Gasteiger partial charge in [-0.05, 0) is 178 Å². The third kappa shape index (κ3) is 13.3. The van der Waals surface area contributed by atoms with E-state index in [2.05, 4.69) is 153 Å². The molecule has 0 spiro atoms. The van der Waals surface area contributed by atoms with Crippen LogP contribution in [0.2, 0.25) is 0 Å². The van der Waals surface area contributed by atoms with E-state index in [0.717, 1.165) is 64.1 Å². The Morgan fingerprint density at radius 2 is 0.833 bits per heavy atom. The van der Waals surface area contributed by atoms with Gasteiger partial charge in [-0.2, -0.15) is 0 Å². The standard InChI is InChI=1S/4C9H9NS.2C8H8N2S/c1-6-3-8-4-7(2)11-9(8)10-5-6;1-6-3-4-9-8(10-6)5-7(2)11-9;1-6-3-4-9-8(5-6)10-7(2)11-9;1-6-3-4-8-9(5-6)11-7(2)10-8;1-5-3-7-8(9-4-5)10-6(2)11-7;1-5-3-4-7-8(9-5)10-6(2)11-7/h4*3-5H,1-2H3;2*3-4H,1-2H3. The van der Waals surface area contributed by atoms with Crippen LogP contribution in [-0.2, 0) is 0 Å². The largest absolute Gasteiger partial charge is 0.252 e. The Bertz CT molecular complexity index is 2950. The first-order valence-electron chi connectivity index (χ1n) is 21.3. The first kappa shape index (κ1) is 48.5. The molecule has 0 unspecified atom stereocenters. The summed E-state index contributed by atoms with van der Waals surface area (Å²) in [5.41, 5.74) is 12.3. The molecule has 66 heavy (non-hydrogen) atoms. The molecule has 10 heterocycles. The number of thiophene rings is 2. The highest BCUT2D eigenvalue weighted by atomic mass is 32.1. The van der Waals surface area contributed by atoms with Crippen LogP contribution in [-0.4, -0.2) is 39.9 Å². The molecule has 0 amide bonds. The molecule has 0 saturated carbocycles. The van der Waals surface area contributed by atoms with Crippen molar-refractivity contribution >= 4 is 130 Å². The van der Waals surface area contributed by atoms with Gasteiger partial charge in [-0.3, -0.25) is 4.98 Å². The minimum Gasteiger partial charge on any atom is -0.252 e. The maximum atomic E-state index is 4.41. The topological polar surface area (TPSA) is 103 Å². The maximum absolute atomic E-state index is 4.41. The maximum Gasteiger partial charge on any atom is 0.170 e. The molecule has 14 heteroatoms. The number of rotatable bonds is 0. The zero-order valence-corrected chi connectivity index (χ0v) is 44.2. The molecule has 0 atom stereocenters. The number of benzene rings is 2. The monoisotopic (exact) mass is 980 g/mol. The number of aromatic nitrogens is 8. The highest BCUT2D eigenvalue weighted by Gasteiger charge is 2.03. The second-order valence-corrected chi connectivity index (χ2v) is 23.4. The van der Waals surface area contributed by atoms with Crippen LogP contribution < -0.4 is 0 Å². The van der Waals surface area contributed by atoms with Crippen molar-refractivity contribution in [3.8, 4) is 0 Å². The molecule has 0 aliphatic rings. The zero-order valence-electron chi connectivity index (χ0n) is 39.3. The van der Waals surface area contributed by atoms with Gasteiger partial charge >= 0.3 is 0 Å². The summed E-state index contributed by atoms with van der Waals surface area (Å²) in [6.07, 6.45) is 3.76. The Labute approximate surface area is 410 Å². The Morgan fingerprint density at radius 1 is 0.318 bits per heavy atom. The van der Waals surface area contributed by atoms with E-state index < -0.39 is 0 Å². The predicted molar refractivity (Wildman–Crippen MR) is 290 cm³/mol. The highest BCUT2D eigenvalue weighted by molar-refractivity contribution is 7.20. The first-order chi connectivity index (χ1) is 31.5. The van der Waals surface area contributed by atoms with Crippen molar-refractivity contribution in [2.45, 2.75) is 83.1 Å². The molecule has 0 N–H and O–H groups in total. The average molecular weight is 981 g/mol. The summed E-state index contributed by atoms with van der Waals surface area (Å²) in [5, 5.41) is 5.72. The fourth-order valence-electron chi connectivity index (χ4n) is 6.66. The van der Waals surface area contributed by atoms with Crippen LogP contribution in [0, 0.1) is 83.1 Å². The Hall–Kier alpha value is -5.48. The molecule has 0 fully saturated rings. The zero-order chi connectivity index (χ0) is 47.1. The van der Waals surface area contributed by atoms with Crippen molar-refractivity contribution in [2.24, 2.45) is 0 Å². The molecule has 0 aliphatic heterocycles. The molecule has 0 radical (unpaired) electrons. The molecule has 12 aromatic rings. The van der Waals surface area contributed by atoms with Gasteiger partial charge in [0, 0.05) is 38.9 Å². The second kappa shape index (κ2) is 21.9. The van der Waals surface area contributed by atoms with Crippen LogP contribution >= 0.6 is 68.0 Å². The van der Waals surface area contributed by atoms with Crippen molar-refractivity contribution in [3.05, 3.63) is 161 Å². The second-order valence-electron chi connectivity index (χ2n) is 15.9. The van der Waals surface area contributed by atoms with E-state index in [4.69, 9.17) is 0 Å². The van der Waals surface area contributed by atoms with Gasteiger partial charge in [0.15, 0.2) is 11.3 Å². The summed E-state index contributed by atoms with van der Waals surface area (Å²) in [6.45, 7) is 24.6. The van der Waals surface area contributed by atoms with Gasteiger partial charge in [-0.25, -0.2) is 34.9 Å². The molecular weight excluding hydrogens is 929 g/mol. The number of fused-ring (bicyclic) bond motifs is 6. The summed E-state index contributed by atoms with van der Waals surface area (Å²) in [5.74, 6) is 0. The Kier molecular flexibility index (Phi) is 16.1. The molecular formula is C52H52N8S6. The van der Waals surface area contributed by atoms with E-state index in [1.165, 1.54) is 60.9 Å². The van der Waals surface area contributed by atoms with E-state index in [1.54, 1.807) is 68.0 Å². The number of aryl methyl sites for hydroxylation is 12. The van der Waals surface area contributed by atoms with E-state index in [1.807, 2.05) is 66.9 Å². The van der Waals surface area contributed by atoms with E-state index in [9.17, 15) is 0 Å². The van der Waals surface area contributed by atoms with Crippen LogP contribution in [0.1, 0.15) is 63.4 Å². The van der Waals surface area contributed by atoms with Crippen molar-refractivity contribution in [1.29, 1.82) is 0 Å². The number of thiazole rings is 4. The lowest BCUT2D eigenvalue weighted by Gasteiger charge is -1.89. The lowest BCUT2D eigenvalue weighted by atomic mass is 10.2. The van der Waals surface area contributed by atoms with Gasteiger partial charge < -0.3 is 0 Å². The number of nitrogens with zero attached hydrogens (tertiary/aromatic N) is 8. The SMILES string of the molecule is Cc1ccc2nc(C)sc2c1.Cc1ccc2sc(C)cc2n1.Cc1ccc2sc(C)nc2c1.Cc1ccc2sc(C)nc2n1.Cc1cnc2nc(C)sc2c1.Cc1cnc2sc(C)cc2c1. The molecule has 336 valence electrons. The first-order valence-corrected chi connectivity index (χ1v) is 26.2. The minimum atomic E-state index is 0.873. The van der Waals surface area contributed by atoms with Crippen molar-refractivity contribution < 1.29 is 0 Å². The van der Waals surface area contributed by atoms with Gasteiger partial charge in [0.2, 0.25) is 0 Å². The van der Waals surface area contributed by atoms with E-state index >= 15 is 0 Å². The van der Waals surface area contributed by atoms with Crippen LogP contribution in [0.4, 0.5) is 0 Å². The third-order valence-corrected chi connectivity index (χ3v) is 15.3. The van der Waals surface area contributed by atoms with Crippen molar-refractivity contribution in [3.63, 3.8) is 0 Å². The molecule has 0 saturated heterocycles. The van der Waals surface area contributed by atoms with Gasteiger partial charge in [0.05, 0.1) is 60.1 Å². The van der Waals surface area contributed by atoms with Gasteiger partial charge in [0.1, 0.15) is 4.83 Å². The summed E-state index contributed by atoms with van der Waals surface area (Å²) in [4.78, 5) is 38.3. The lowest BCUT2D eigenvalue weighted by Crippen LogP contribution is -1.79. The van der Waals surface area contributed by atoms with Gasteiger partial charge in [-0.1, -0.05) is 12.1 Å². The molecule has 12 rings (SSSR count). The predicted octanol–water partition coefficient (Wildman–Crippen LogP) is 16.3. The summed E-state index contributed by atoms with van der Waals surface area (Å²) >= 11 is 10.4. The molecule has 0 bridgehead atoms. The van der Waals surface area contributed by atoms with Crippen molar-refractivity contribution in [1.82, 2.24) is 39.9 Å². The van der Waals surface area contributed by atoms with Crippen LogP contribution in [0.25, 0.3) is 61.6 Å². The minimum absolute atomic E-state index is 0.873. The van der Waals surface area contributed by atoms with Crippen LogP contribution in [0.3, 0.4) is 0 Å². The third-order valence-electron chi connectivity index (χ3n) is 9.56. The smallest absolute Gasteiger partial charge is 0.170 e. The van der Waals surface area contributed by atoms with Crippen LogP contribution in [0.5, 0.6) is 0 Å². The number of hydrogen-bond acceptors (Lipinski definition) is 14. The fraction of sp³-hybridized carbons (Fsp3) is 0.231. The molecule has 2 aromatic carbocycles. The van der Waals surface area contributed by atoms with Gasteiger partial charge in [0.25, 0.3) is 0 Å². The lowest BCUT2D eigenvalue weighted by molar-refractivity contribution is 1.20. The summed E-state index contributed by atoms with van der Waals surface area (Å²) < 4.78 is 6.22. The van der Waals surface area contributed by atoms with Crippen LogP contribution in [0.15, 0.2) is 97.3 Å². The number of hydrogen-bond donors (Lipinski definition) is 0. The van der Waals surface area contributed by atoms with Crippen molar-refractivity contribution in [2.75, 3.05) is 0 Å². The Balaban J connectivity index is 0.000000118. The fourth-order valence-corrected chi connectivity index (χ4v) is 11.7. The van der Waals surface area contributed by atoms with Gasteiger partial charge in [-0.15, -0.1) is 68.0 Å². The van der Waals surface area contributed by atoms with E-state index in [-0.39, 0.29) is 0 Å². The molecule has 10 aromatic heterocycles. The summed E-state index contributed by atoms with van der Waals surface area (Å²) in [7, 11) is 0. The number of pyridine rings is 4. The highest BCUT2D eigenvalue weighted by Crippen LogP contribution is 2.26. The van der Waals surface area contributed by atoms with E-state index in [0.29, 0.717) is 0 Å². The quantitative estimate of drug-likeness (QED) is 0.148. The Morgan fingerprint density at radius 3 is 1.61 bits per heavy atom. The summed E-state index contributed by atoms with van der Waals surface area (Å²) in [6, 6.07) is 29.6. The molecule has 0 aliphatic carbocycles. The normalized spacial score (nSPS) is 10.7. The average Bonchev–Trinajstić information content (AvgIpc) is 4.11. The molecule has 8 nitrogen and oxygen atoms in total.